The molecule has 0 saturated carbocycles. The number of ether oxygens (including phenoxy) is 1. The van der Waals surface area contributed by atoms with E-state index in [-0.39, 0.29) is 0 Å². The van der Waals surface area contributed by atoms with Crippen molar-refractivity contribution in [3.63, 3.8) is 0 Å². The van der Waals surface area contributed by atoms with Crippen molar-refractivity contribution in [3.8, 4) is 0 Å². The maximum absolute atomic E-state index is 5.28. The molecule has 0 bridgehead atoms. The zero-order valence-electron chi connectivity index (χ0n) is 7.55. The van der Waals surface area contributed by atoms with Crippen LogP contribution in [0.15, 0.2) is 0 Å². The molecule has 0 heterocycles. The second-order valence-electron chi connectivity index (χ2n) is 2.58. The lowest BCUT2D eigenvalue weighted by Crippen LogP contribution is -2.32. The van der Waals surface area contributed by atoms with E-state index >= 15 is 0 Å². The molecule has 0 N–H and O–H groups in total. The van der Waals surface area contributed by atoms with E-state index in [0.717, 1.165) is 19.8 Å². The van der Waals surface area contributed by atoms with E-state index in [2.05, 4.69) is 25.8 Å². The first kappa shape index (κ1) is 9.92. The Hall–Kier alpha value is -0.0800. The molecule has 0 saturated heterocycles. The van der Waals surface area contributed by atoms with Crippen LogP contribution >= 0.6 is 0 Å². The third kappa shape index (κ3) is 3.85. The Morgan fingerprint density at radius 3 is 2.40 bits per heavy atom. The van der Waals surface area contributed by atoms with Gasteiger partial charge >= 0.3 is 0 Å². The van der Waals surface area contributed by atoms with E-state index in [0.29, 0.717) is 6.04 Å². The van der Waals surface area contributed by atoms with Crippen LogP contribution in [-0.4, -0.2) is 37.7 Å². The van der Waals surface area contributed by atoms with Gasteiger partial charge in [-0.1, -0.05) is 6.92 Å². The van der Waals surface area contributed by atoms with E-state index in [4.69, 9.17) is 4.74 Å². The van der Waals surface area contributed by atoms with Gasteiger partial charge in [0.1, 0.15) is 0 Å². The molecule has 0 aliphatic carbocycles. The van der Waals surface area contributed by atoms with Crippen molar-refractivity contribution < 1.29 is 4.74 Å². The fourth-order valence-corrected chi connectivity index (χ4v) is 0.727. The number of nitrogens with zero attached hydrogens (tertiary/aromatic N) is 1. The minimum Gasteiger partial charge on any atom is -0.380 e. The third-order valence-corrected chi connectivity index (χ3v) is 1.81. The fraction of sp³-hybridized carbons (Fsp3) is 1.00. The van der Waals surface area contributed by atoms with Gasteiger partial charge in [-0.05, 0) is 27.4 Å². The summed E-state index contributed by atoms with van der Waals surface area (Å²) in [5, 5.41) is 0. The summed E-state index contributed by atoms with van der Waals surface area (Å²) >= 11 is 0. The van der Waals surface area contributed by atoms with Gasteiger partial charge in [0.25, 0.3) is 0 Å². The first-order valence-electron chi connectivity index (χ1n) is 4.00. The van der Waals surface area contributed by atoms with Crippen LogP contribution in [0.1, 0.15) is 20.8 Å². The average Bonchev–Trinajstić information content (AvgIpc) is 1.98. The smallest absolute Gasteiger partial charge is 0.0618 e. The lowest BCUT2D eigenvalue weighted by atomic mass is 10.3. The molecule has 0 rings (SSSR count). The summed E-state index contributed by atoms with van der Waals surface area (Å²) in [5.74, 6) is 0. The van der Waals surface area contributed by atoms with Crippen molar-refractivity contribution in [1.29, 1.82) is 0 Å². The molecule has 0 aromatic rings. The summed E-state index contributed by atoms with van der Waals surface area (Å²) in [6, 6.07) is 0.546. The number of rotatable bonds is 5. The van der Waals surface area contributed by atoms with Crippen molar-refractivity contribution >= 4 is 0 Å². The largest absolute Gasteiger partial charge is 0.380 e. The molecule has 0 aromatic carbocycles. The van der Waals surface area contributed by atoms with E-state index in [1.54, 1.807) is 0 Å². The van der Waals surface area contributed by atoms with Crippen molar-refractivity contribution in [2.24, 2.45) is 0 Å². The molecule has 0 aromatic heterocycles. The maximum atomic E-state index is 5.28. The molecule has 62 valence electrons. The summed E-state index contributed by atoms with van der Waals surface area (Å²) in [7, 11) is 2.11. The Labute approximate surface area is 64.2 Å². The highest BCUT2D eigenvalue weighted by atomic mass is 16.5. The molecule has 0 radical (unpaired) electrons. The predicted molar refractivity (Wildman–Crippen MR) is 44.3 cm³/mol. The lowest BCUT2D eigenvalue weighted by molar-refractivity contribution is 0.0874. The van der Waals surface area contributed by atoms with Gasteiger partial charge in [-0.15, -0.1) is 0 Å². The Kier molecular flexibility index (Phi) is 5.64. The van der Waals surface area contributed by atoms with Crippen LogP contribution in [0.4, 0.5) is 0 Å². The van der Waals surface area contributed by atoms with Crippen LogP contribution < -0.4 is 0 Å². The molecule has 0 aliphatic rings. The van der Waals surface area contributed by atoms with Crippen molar-refractivity contribution in [2.45, 2.75) is 26.8 Å². The number of hydrogen-bond donors (Lipinski definition) is 0. The summed E-state index contributed by atoms with van der Waals surface area (Å²) < 4.78 is 5.28. The van der Waals surface area contributed by atoms with Crippen LogP contribution in [0.5, 0.6) is 0 Å². The Morgan fingerprint density at radius 2 is 2.00 bits per heavy atom. The number of likely N-dealkylation sites (N-methyl/N-ethyl adjacent to an activating group) is 1. The van der Waals surface area contributed by atoms with Crippen molar-refractivity contribution in [2.75, 3.05) is 26.8 Å². The van der Waals surface area contributed by atoms with E-state index in [1.165, 1.54) is 0 Å². The third-order valence-electron chi connectivity index (χ3n) is 1.81. The molecule has 1 atom stereocenters. The molecular formula is C8H19NO. The van der Waals surface area contributed by atoms with Crippen LogP contribution in [0.3, 0.4) is 0 Å². The zero-order chi connectivity index (χ0) is 7.98. The average molecular weight is 145 g/mol. The molecule has 2 nitrogen and oxygen atoms in total. The molecule has 0 fully saturated rings. The predicted octanol–water partition coefficient (Wildman–Crippen LogP) is 1.36. The van der Waals surface area contributed by atoms with Crippen LogP contribution in [0, 0.1) is 0 Å². The van der Waals surface area contributed by atoms with Crippen molar-refractivity contribution in [3.05, 3.63) is 0 Å². The molecular weight excluding hydrogens is 126 g/mol. The van der Waals surface area contributed by atoms with E-state index in [9.17, 15) is 0 Å². The maximum Gasteiger partial charge on any atom is 0.0618 e. The van der Waals surface area contributed by atoms with Gasteiger partial charge < -0.3 is 9.64 Å². The van der Waals surface area contributed by atoms with E-state index < -0.39 is 0 Å². The Balaban J connectivity index is 3.31. The molecule has 0 spiro atoms. The molecule has 0 amide bonds. The second-order valence-corrected chi connectivity index (χ2v) is 2.58. The van der Waals surface area contributed by atoms with E-state index in [1.807, 2.05) is 6.92 Å². The summed E-state index contributed by atoms with van der Waals surface area (Å²) in [6.07, 6.45) is 0. The molecule has 10 heavy (non-hydrogen) atoms. The summed E-state index contributed by atoms with van der Waals surface area (Å²) in [5.41, 5.74) is 0. The Morgan fingerprint density at radius 1 is 1.40 bits per heavy atom. The quantitative estimate of drug-likeness (QED) is 0.579. The minimum atomic E-state index is 0.546. The zero-order valence-corrected chi connectivity index (χ0v) is 7.55. The number of hydrogen-bond acceptors (Lipinski definition) is 2. The highest BCUT2D eigenvalue weighted by Crippen LogP contribution is 1.94. The minimum absolute atomic E-state index is 0.546. The summed E-state index contributed by atoms with van der Waals surface area (Å²) in [6.45, 7) is 9.12. The van der Waals surface area contributed by atoms with Gasteiger partial charge in [0.05, 0.1) is 6.61 Å². The molecule has 0 unspecified atom stereocenters. The molecule has 0 aliphatic heterocycles. The van der Waals surface area contributed by atoms with Gasteiger partial charge in [-0.2, -0.15) is 0 Å². The monoisotopic (exact) mass is 145 g/mol. The highest BCUT2D eigenvalue weighted by molar-refractivity contribution is 4.59. The van der Waals surface area contributed by atoms with Crippen LogP contribution in [0.2, 0.25) is 0 Å². The first-order valence-corrected chi connectivity index (χ1v) is 4.00. The van der Waals surface area contributed by atoms with Gasteiger partial charge in [-0.3, -0.25) is 0 Å². The van der Waals surface area contributed by atoms with Gasteiger partial charge in [0.2, 0.25) is 0 Å². The van der Waals surface area contributed by atoms with Gasteiger partial charge in [0.15, 0.2) is 0 Å². The lowest BCUT2D eigenvalue weighted by Gasteiger charge is -2.22. The topological polar surface area (TPSA) is 12.5 Å². The second kappa shape index (κ2) is 5.69. The highest BCUT2D eigenvalue weighted by Gasteiger charge is 2.04. The Bertz CT molecular complexity index is 75.7. The first-order chi connectivity index (χ1) is 4.72. The molecule has 2 heteroatoms. The SMILES string of the molecule is CCOC[C@@H](C)N(C)CC. The summed E-state index contributed by atoms with van der Waals surface area (Å²) in [4.78, 5) is 2.27. The van der Waals surface area contributed by atoms with Gasteiger partial charge in [0, 0.05) is 12.6 Å². The van der Waals surface area contributed by atoms with Gasteiger partial charge in [-0.25, -0.2) is 0 Å². The van der Waals surface area contributed by atoms with Crippen LogP contribution in [0.25, 0.3) is 0 Å². The normalized spacial score (nSPS) is 14.1. The van der Waals surface area contributed by atoms with Crippen molar-refractivity contribution in [1.82, 2.24) is 4.90 Å². The van der Waals surface area contributed by atoms with Crippen LogP contribution in [-0.2, 0) is 4.74 Å². The standard InChI is InChI=1S/C8H19NO/c1-5-9(4)8(3)7-10-6-2/h8H,5-7H2,1-4H3/t8-/m1/s1. The fourth-order valence-electron chi connectivity index (χ4n) is 0.727.